The molecule has 1 aliphatic carbocycles. The summed E-state index contributed by atoms with van der Waals surface area (Å²) >= 11 is 0. The Morgan fingerprint density at radius 2 is 1.76 bits per heavy atom. The van der Waals surface area contributed by atoms with Gasteiger partial charge in [-0.1, -0.05) is 6.07 Å². The van der Waals surface area contributed by atoms with Crippen molar-refractivity contribution in [1.29, 1.82) is 0 Å². The molecule has 0 spiro atoms. The maximum Gasteiger partial charge on any atom is 0.203 e. The maximum absolute atomic E-state index is 6.01. The third-order valence-electron chi connectivity index (χ3n) is 3.54. The summed E-state index contributed by atoms with van der Waals surface area (Å²) in [6.45, 7) is 1.03. The van der Waals surface area contributed by atoms with E-state index >= 15 is 0 Å². The molecule has 3 atom stereocenters. The van der Waals surface area contributed by atoms with Gasteiger partial charge in [0.25, 0.3) is 0 Å². The Kier molecular flexibility index (Phi) is 5.67. The predicted molar refractivity (Wildman–Crippen MR) is 78.2 cm³/mol. The van der Waals surface area contributed by atoms with E-state index in [1.807, 2.05) is 18.2 Å². The number of rotatable bonds is 8. The number of hydrogen-bond donors (Lipinski definition) is 1. The summed E-state index contributed by atoms with van der Waals surface area (Å²) in [5.41, 5.74) is 5.98. The maximum atomic E-state index is 6.01. The van der Waals surface area contributed by atoms with Crippen molar-refractivity contribution < 1.29 is 23.7 Å². The molecule has 1 aromatic carbocycles. The van der Waals surface area contributed by atoms with Crippen LogP contribution in [0.15, 0.2) is 18.2 Å². The Bertz CT molecular complexity index is 431. The summed E-state index contributed by atoms with van der Waals surface area (Å²) in [7, 11) is 4.83. The van der Waals surface area contributed by atoms with E-state index in [4.69, 9.17) is 29.4 Å². The molecule has 118 valence electrons. The Morgan fingerprint density at radius 1 is 1.10 bits per heavy atom. The van der Waals surface area contributed by atoms with Crippen LogP contribution in [0.25, 0.3) is 0 Å². The van der Waals surface area contributed by atoms with Crippen LogP contribution in [0.3, 0.4) is 0 Å². The molecule has 0 bridgehead atoms. The van der Waals surface area contributed by atoms with E-state index in [1.54, 1.807) is 21.3 Å². The number of para-hydroxylation sites is 1. The molecule has 1 saturated carbocycles. The molecule has 21 heavy (non-hydrogen) atoms. The minimum Gasteiger partial charge on any atom is -0.493 e. The summed E-state index contributed by atoms with van der Waals surface area (Å²) in [4.78, 5) is 0. The minimum absolute atomic E-state index is 0.0208. The third-order valence-corrected chi connectivity index (χ3v) is 3.54. The second kappa shape index (κ2) is 7.49. The number of ether oxygens (including phenoxy) is 5. The molecule has 6 nitrogen and oxygen atoms in total. The summed E-state index contributed by atoms with van der Waals surface area (Å²) in [5.74, 6) is 1.84. The van der Waals surface area contributed by atoms with Gasteiger partial charge in [-0.3, -0.25) is 0 Å². The topological polar surface area (TPSA) is 72.2 Å². The highest BCUT2D eigenvalue weighted by Crippen LogP contribution is 2.40. The fourth-order valence-corrected chi connectivity index (χ4v) is 2.31. The molecule has 6 heteroatoms. The van der Waals surface area contributed by atoms with Crippen molar-refractivity contribution in [3.8, 4) is 17.2 Å². The molecule has 0 amide bonds. The lowest BCUT2D eigenvalue weighted by molar-refractivity contribution is -0.107. The molecule has 0 saturated heterocycles. The van der Waals surface area contributed by atoms with Gasteiger partial charge in [-0.2, -0.15) is 0 Å². The van der Waals surface area contributed by atoms with Gasteiger partial charge < -0.3 is 29.4 Å². The van der Waals surface area contributed by atoms with Crippen molar-refractivity contribution in [2.45, 2.75) is 24.7 Å². The zero-order valence-corrected chi connectivity index (χ0v) is 12.7. The van der Waals surface area contributed by atoms with Crippen molar-refractivity contribution in [2.75, 3.05) is 34.5 Å². The zero-order chi connectivity index (χ0) is 15.2. The largest absolute Gasteiger partial charge is 0.493 e. The fraction of sp³-hybridized carbons (Fsp3) is 0.600. The lowest BCUT2D eigenvalue weighted by Crippen LogP contribution is -2.59. The number of hydrogen-bond acceptors (Lipinski definition) is 6. The summed E-state index contributed by atoms with van der Waals surface area (Å²) < 4.78 is 27.3. The second-order valence-corrected chi connectivity index (χ2v) is 4.88. The third kappa shape index (κ3) is 3.58. The van der Waals surface area contributed by atoms with Crippen molar-refractivity contribution in [3.05, 3.63) is 18.2 Å². The average Bonchev–Trinajstić information content (AvgIpc) is 2.51. The summed E-state index contributed by atoms with van der Waals surface area (Å²) in [6.07, 6.45) is 0.482. The highest BCUT2D eigenvalue weighted by molar-refractivity contribution is 5.51. The molecule has 1 aliphatic rings. The standard InChI is InChI=1S/C15H23NO5/c1-17-7-8-20-14-10(16)9-13(14)21-15-11(18-2)5-4-6-12(15)19-3/h4-6,10,13-14H,7-9,16H2,1-3H3. The fourth-order valence-electron chi connectivity index (χ4n) is 2.31. The molecule has 1 aromatic rings. The van der Waals surface area contributed by atoms with Crippen molar-refractivity contribution >= 4 is 0 Å². The van der Waals surface area contributed by atoms with E-state index in [0.29, 0.717) is 30.5 Å². The van der Waals surface area contributed by atoms with Gasteiger partial charge in [0.1, 0.15) is 12.2 Å². The lowest BCUT2D eigenvalue weighted by atomic mass is 9.86. The van der Waals surface area contributed by atoms with Crippen LogP contribution in [0.4, 0.5) is 0 Å². The molecule has 2 N–H and O–H groups in total. The first-order valence-electron chi connectivity index (χ1n) is 6.95. The van der Waals surface area contributed by atoms with E-state index in [9.17, 15) is 0 Å². The second-order valence-electron chi connectivity index (χ2n) is 4.88. The molecule has 3 unspecified atom stereocenters. The lowest BCUT2D eigenvalue weighted by Gasteiger charge is -2.42. The van der Waals surface area contributed by atoms with E-state index in [1.165, 1.54) is 0 Å². The quantitative estimate of drug-likeness (QED) is 0.727. The molecule has 0 heterocycles. The Hall–Kier alpha value is -1.50. The number of nitrogens with two attached hydrogens (primary N) is 1. The van der Waals surface area contributed by atoms with Crippen LogP contribution in [0.2, 0.25) is 0 Å². The Labute approximate surface area is 125 Å². The van der Waals surface area contributed by atoms with Crippen LogP contribution >= 0.6 is 0 Å². The van der Waals surface area contributed by atoms with Crippen molar-refractivity contribution in [3.63, 3.8) is 0 Å². The van der Waals surface area contributed by atoms with Gasteiger partial charge in [0.05, 0.1) is 27.4 Å². The van der Waals surface area contributed by atoms with Gasteiger partial charge in [0.2, 0.25) is 5.75 Å². The van der Waals surface area contributed by atoms with Crippen LogP contribution in [-0.2, 0) is 9.47 Å². The highest BCUT2D eigenvalue weighted by Gasteiger charge is 2.42. The smallest absolute Gasteiger partial charge is 0.203 e. The molecule has 0 aromatic heterocycles. The van der Waals surface area contributed by atoms with Gasteiger partial charge >= 0.3 is 0 Å². The van der Waals surface area contributed by atoms with Gasteiger partial charge in [0.15, 0.2) is 11.5 Å². The van der Waals surface area contributed by atoms with E-state index in [-0.39, 0.29) is 18.2 Å². The van der Waals surface area contributed by atoms with Gasteiger partial charge in [-0.25, -0.2) is 0 Å². The van der Waals surface area contributed by atoms with Crippen LogP contribution in [0.5, 0.6) is 17.2 Å². The highest BCUT2D eigenvalue weighted by atomic mass is 16.6. The molecule has 0 aliphatic heterocycles. The monoisotopic (exact) mass is 297 g/mol. The van der Waals surface area contributed by atoms with E-state index < -0.39 is 0 Å². The van der Waals surface area contributed by atoms with Crippen LogP contribution < -0.4 is 19.9 Å². The molecule has 2 rings (SSSR count). The van der Waals surface area contributed by atoms with E-state index in [2.05, 4.69) is 0 Å². The molecular formula is C15H23NO5. The van der Waals surface area contributed by atoms with Crippen LogP contribution in [0.1, 0.15) is 6.42 Å². The number of benzene rings is 1. The summed E-state index contributed by atoms with van der Waals surface area (Å²) in [5, 5.41) is 0. The number of methoxy groups -OCH3 is 3. The van der Waals surface area contributed by atoms with Gasteiger partial charge in [-0.15, -0.1) is 0 Å². The summed E-state index contributed by atoms with van der Waals surface area (Å²) in [6, 6.07) is 5.49. The Morgan fingerprint density at radius 3 is 2.29 bits per heavy atom. The van der Waals surface area contributed by atoms with Crippen molar-refractivity contribution in [2.24, 2.45) is 5.73 Å². The van der Waals surface area contributed by atoms with Crippen molar-refractivity contribution in [1.82, 2.24) is 0 Å². The first-order chi connectivity index (χ1) is 10.2. The van der Waals surface area contributed by atoms with Gasteiger partial charge in [-0.05, 0) is 12.1 Å². The molecule has 0 radical (unpaired) electrons. The SMILES string of the molecule is COCCOC1C(N)CC1Oc1c(OC)cccc1OC. The Balaban J connectivity index is 2.04. The predicted octanol–water partition coefficient (Wildman–Crippen LogP) is 1.21. The first-order valence-corrected chi connectivity index (χ1v) is 6.95. The van der Waals surface area contributed by atoms with Crippen LogP contribution in [-0.4, -0.2) is 52.8 Å². The zero-order valence-electron chi connectivity index (χ0n) is 12.7. The first kappa shape index (κ1) is 15.9. The molecular weight excluding hydrogens is 274 g/mol. The van der Waals surface area contributed by atoms with Crippen LogP contribution in [0, 0.1) is 0 Å². The normalized spacial score (nSPS) is 24.3. The minimum atomic E-state index is -0.144. The van der Waals surface area contributed by atoms with E-state index in [0.717, 1.165) is 6.42 Å². The van der Waals surface area contributed by atoms with Gasteiger partial charge in [0, 0.05) is 19.6 Å². The molecule has 1 fully saturated rings. The average molecular weight is 297 g/mol.